The van der Waals surface area contributed by atoms with Gasteiger partial charge in [-0.1, -0.05) is 31.4 Å². The van der Waals surface area contributed by atoms with E-state index in [1.165, 1.54) is 38.5 Å². The fourth-order valence-electron chi connectivity index (χ4n) is 2.35. The molecule has 1 aliphatic heterocycles. The standard InChI is InChI=1S/C10H17N/c1-2-6-10(7-3-1)8-4-5-9-11-10/h4-5,11H,1-3,6-9H2. The van der Waals surface area contributed by atoms with Crippen molar-refractivity contribution in [2.45, 2.75) is 44.1 Å². The van der Waals surface area contributed by atoms with E-state index in [-0.39, 0.29) is 0 Å². The molecule has 0 aromatic carbocycles. The third-order valence-corrected chi connectivity index (χ3v) is 3.08. The van der Waals surface area contributed by atoms with Crippen LogP contribution in [-0.4, -0.2) is 12.1 Å². The zero-order valence-corrected chi connectivity index (χ0v) is 7.10. The van der Waals surface area contributed by atoms with Crippen LogP contribution in [0.1, 0.15) is 38.5 Å². The molecule has 2 aliphatic rings. The van der Waals surface area contributed by atoms with Crippen LogP contribution in [0.15, 0.2) is 12.2 Å². The van der Waals surface area contributed by atoms with Gasteiger partial charge in [-0.15, -0.1) is 0 Å². The molecule has 2 rings (SSSR count). The maximum atomic E-state index is 3.65. The van der Waals surface area contributed by atoms with Gasteiger partial charge in [0, 0.05) is 12.1 Å². The molecule has 1 heteroatoms. The molecule has 0 atom stereocenters. The van der Waals surface area contributed by atoms with Gasteiger partial charge in [0.05, 0.1) is 0 Å². The molecule has 1 N–H and O–H groups in total. The van der Waals surface area contributed by atoms with E-state index < -0.39 is 0 Å². The number of rotatable bonds is 0. The van der Waals surface area contributed by atoms with Gasteiger partial charge in [-0.2, -0.15) is 0 Å². The molecular weight excluding hydrogens is 134 g/mol. The Hall–Kier alpha value is -0.300. The van der Waals surface area contributed by atoms with Gasteiger partial charge in [0.1, 0.15) is 0 Å². The van der Waals surface area contributed by atoms with E-state index in [2.05, 4.69) is 17.5 Å². The first kappa shape index (κ1) is 7.35. The van der Waals surface area contributed by atoms with E-state index in [9.17, 15) is 0 Å². The van der Waals surface area contributed by atoms with Crippen molar-refractivity contribution < 1.29 is 0 Å². The van der Waals surface area contributed by atoms with Gasteiger partial charge in [-0.05, 0) is 19.3 Å². The van der Waals surface area contributed by atoms with E-state index in [0.29, 0.717) is 5.54 Å². The number of nitrogens with one attached hydrogen (secondary N) is 1. The molecule has 1 nitrogen and oxygen atoms in total. The molecule has 0 radical (unpaired) electrons. The first-order valence-electron chi connectivity index (χ1n) is 4.81. The zero-order valence-electron chi connectivity index (χ0n) is 7.10. The van der Waals surface area contributed by atoms with Gasteiger partial charge in [0.25, 0.3) is 0 Å². The molecular formula is C10H17N. The second-order valence-electron chi connectivity index (χ2n) is 3.90. The van der Waals surface area contributed by atoms with Crippen LogP contribution < -0.4 is 5.32 Å². The zero-order chi connectivity index (χ0) is 7.57. The van der Waals surface area contributed by atoms with Crippen molar-refractivity contribution in [3.8, 4) is 0 Å². The summed E-state index contributed by atoms with van der Waals surface area (Å²) in [6.07, 6.45) is 13.0. The average Bonchev–Trinajstić information content (AvgIpc) is 2.07. The predicted octanol–water partition coefficient (Wildman–Crippen LogP) is 2.24. The van der Waals surface area contributed by atoms with E-state index in [1.807, 2.05) is 0 Å². The van der Waals surface area contributed by atoms with Crippen molar-refractivity contribution in [1.82, 2.24) is 5.32 Å². The molecule has 1 aliphatic carbocycles. The monoisotopic (exact) mass is 151 g/mol. The van der Waals surface area contributed by atoms with Gasteiger partial charge < -0.3 is 5.32 Å². The molecule has 0 bridgehead atoms. The molecule has 62 valence electrons. The molecule has 0 aromatic rings. The van der Waals surface area contributed by atoms with Crippen molar-refractivity contribution in [2.24, 2.45) is 0 Å². The van der Waals surface area contributed by atoms with Crippen LogP contribution in [0.4, 0.5) is 0 Å². The highest BCUT2D eigenvalue weighted by atomic mass is 15.0. The highest BCUT2D eigenvalue weighted by molar-refractivity contribution is 5.04. The van der Waals surface area contributed by atoms with Crippen molar-refractivity contribution in [3.63, 3.8) is 0 Å². The van der Waals surface area contributed by atoms with E-state index in [4.69, 9.17) is 0 Å². The average molecular weight is 151 g/mol. The van der Waals surface area contributed by atoms with Crippen LogP contribution in [0, 0.1) is 0 Å². The summed E-state index contributed by atoms with van der Waals surface area (Å²) < 4.78 is 0. The van der Waals surface area contributed by atoms with Gasteiger partial charge in [0.15, 0.2) is 0 Å². The predicted molar refractivity (Wildman–Crippen MR) is 47.6 cm³/mol. The Bertz CT molecular complexity index is 154. The van der Waals surface area contributed by atoms with Crippen LogP contribution in [0.2, 0.25) is 0 Å². The fraction of sp³-hybridized carbons (Fsp3) is 0.800. The van der Waals surface area contributed by atoms with Crippen LogP contribution in [-0.2, 0) is 0 Å². The van der Waals surface area contributed by atoms with E-state index in [0.717, 1.165) is 6.54 Å². The summed E-state index contributed by atoms with van der Waals surface area (Å²) >= 11 is 0. The maximum Gasteiger partial charge on any atom is 0.0218 e. The molecule has 0 amide bonds. The summed E-state index contributed by atoms with van der Waals surface area (Å²) in [6.45, 7) is 1.10. The third kappa shape index (κ3) is 1.48. The molecule has 0 aromatic heterocycles. The van der Waals surface area contributed by atoms with Crippen molar-refractivity contribution in [3.05, 3.63) is 12.2 Å². The van der Waals surface area contributed by atoms with Gasteiger partial charge in [-0.25, -0.2) is 0 Å². The maximum absolute atomic E-state index is 3.65. The Morgan fingerprint density at radius 2 is 1.82 bits per heavy atom. The van der Waals surface area contributed by atoms with Crippen LogP contribution in [0.5, 0.6) is 0 Å². The topological polar surface area (TPSA) is 12.0 Å². The lowest BCUT2D eigenvalue weighted by molar-refractivity contribution is 0.234. The van der Waals surface area contributed by atoms with Crippen molar-refractivity contribution in [2.75, 3.05) is 6.54 Å². The van der Waals surface area contributed by atoms with Gasteiger partial charge >= 0.3 is 0 Å². The second-order valence-corrected chi connectivity index (χ2v) is 3.90. The Labute approximate surface area is 68.9 Å². The molecule has 1 heterocycles. The Morgan fingerprint density at radius 3 is 2.45 bits per heavy atom. The Kier molecular flexibility index (Phi) is 1.99. The fourth-order valence-corrected chi connectivity index (χ4v) is 2.35. The molecule has 1 spiro atoms. The quantitative estimate of drug-likeness (QED) is 0.523. The normalized spacial score (nSPS) is 29.1. The first-order valence-corrected chi connectivity index (χ1v) is 4.81. The van der Waals surface area contributed by atoms with Gasteiger partial charge in [0.2, 0.25) is 0 Å². The van der Waals surface area contributed by atoms with Crippen LogP contribution in [0.25, 0.3) is 0 Å². The largest absolute Gasteiger partial charge is 0.307 e. The smallest absolute Gasteiger partial charge is 0.0218 e. The molecule has 1 fully saturated rings. The lowest BCUT2D eigenvalue weighted by Crippen LogP contribution is -2.48. The summed E-state index contributed by atoms with van der Waals surface area (Å²) in [6, 6.07) is 0. The highest BCUT2D eigenvalue weighted by Gasteiger charge is 2.30. The molecule has 11 heavy (non-hydrogen) atoms. The van der Waals surface area contributed by atoms with Crippen LogP contribution in [0.3, 0.4) is 0 Å². The SMILES string of the molecule is C1=CCC2(CCCCC2)NC1. The van der Waals surface area contributed by atoms with E-state index >= 15 is 0 Å². The Balaban J connectivity index is 2.01. The van der Waals surface area contributed by atoms with Gasteiger partial charge in [-0.3, -0.25) is 0 Å². The lowest BCUT2D eigenvalue weighted by Gasteiger charge is -2.39. The summed E-state index contributed by atoms with van der Waals surface area (Å²) in [4.78, 5) is 0. The van der Waals surface area contributed by atoms with Crippen molar-refractivity contribution in [1.29, 1.82) is 0 Å². The third-order valence-electron chi connectivity index (χ3n) is 3.08. The molecule has 1 saturated carbocycles. The minimum absolute atomic E-state index is 0.521. The number of hydrogen-bond donors (Lipinski definition) is 1. The van der Waals surface area contributed by atoms with Crippen molar-refractivity contribution >= 4 is 0 Å². The molecule has 0 saturated heterocycles. The lowest BCUT2D eigenvalue weighted by atomic mass is 9.78. The summed E-state index contributed by atoms with van der Waals surface area (Å²) in [7, 11) is 0. The summed E-state index contributed by atoms with van der Waals surface area (Å²) in [5.41, 5.74) is 0.521. The second kappa shape index (κ2) is 2.98. The summed E-state index contributed by atoms with van der Waals surface area (Å²) in [5, 5.41) is 3.65. The first-order chi connectivity index (χ1) is 5.41. The minimum Gasteiger partial charge on any atom is -0.307 e. The van der Waals surface area contributed by atoms with Crippen LogP contribution >= 0.6 is 0 Å². The molecule has 0 unspecified atom stereocenters. The Morgan fingerprint density at radius 1 is 1.00 bits per heavy atom. The van der Waals surface area contributed by atoms with E-state index in [1.54, 1.807) is 0 Å². The summed E-state index contributed by atoms with van der Waals surface area (Å²) in [5.74, 6) is 0. The minimum atomic E-state index is 0.521. The number of hydrogen-bond acceptors (Lipinski definition) is 1. The highest BCUT2D eigenvalue weighted by Crippen LogP contribution is 2.32.